The molecule has 3 heteroatoms. The molecule has 0 aliphatic carbocycles. The molecule has 1 heterocycles. The Morgan fingerprint density at radius 1 is 1.50 bits per heavy atom. The third kappa shape index (κ3) is 3.70. The van der Waals surface area contributed by atoms with Gasteiger partial charge in [0.25, 0.3) is 0 Å². The van der Waals surface area contributed by atoms with Crippen LogP contribution in [-0.4, -0.2) is 0 Å². The van der Waals surface area contributed by atoms with E-state index in [9.17, 15) is 4.79 Å². The van der Waals surface area contributed by atoms with Gasteiger partial charge in [0.1, 0.15) is 5.42 Å². The molecular formula is C13H17ClO2. The molecule has 2 nitrogen and oxygen atoms in total. The molecule has 0 aliphatic heterocycles. The van der Waals surface area contributed by atoms with Gasteiger partial charge in [0.15, 0.2) is 0 Å². The van der Waals surface area contributed by atoms with Crippen LogP contribution in [0.5, 0.6) is 0 Å². The molecule has 0 fully saturated rings. The number of rotatable bonds is 2. The van der Waals surface area contributed by atoms with Crippen molar-refractivity contribution < 1.29 is 4.42 Å². The minimum atomic E-state index is -0.389. The molecule has 0 amide bonds. The second-order valence-corrected chi connectivity index (χ2v) is 2.96. The molecule has 0 saturated carbocycles. The van der Waals surface area contributed by atoms with Crippen molar-refractivity contribution in [2.75, 3.05) is 0 Å². The van der Waals surface area contributed by atoms with Crippen LogP contribution in [0.15, 0.2) is 27.9 Å². The number of allylic oxidation sites excluding steroid dienone is 1. The zero-order valence-corrected chi connectivity index (χ0v) is 10.7. The van der Waals surface area contributed by atoms with E-state index in [4.69, 9.17) is 16.0 Å². The number of halogens is 1. The van der Waals surface area contributed by atoms with E-state index in [1.165, 1.54) is 6.07 Å². The van der Waals surface area contributed by atoms with E-state index >= 15 is 0 Å². The van der Waals surface area contributed by atoms with Gasteiger partial charge in [0.2, 0.25) is 0 Å². The Hall–Kier alpha value is -1.28. The lowest BCUT2D eigenvalue weighted by Crippen LogP contribution is -2.31. The van der Waals surface area contributed by atoms with Gasteiger partial charge < -0.3 is 4.42 Å². The van der Waals surface area contributed by atoms with Crippen molar-refractivity contribution >= 4 is 23.8 Å². The highest BCUT2D eigenvalue weighted by Gasteiger charge is 1.98. The summed E-state index contributed by atoms with van der Waals surface area (Å²) in [6, 6.07) is 1.41. The van der Waals surface area contributed by atoms with Crippen LogP contribution in [0.3, 0.4) is 0 Å². The first-order valence-corrected chi connectivity index (χ1v) is 5.74. The van der Waals surface area contributed by atoms with Crippen LogP contribution < -0.4 is 16.3 Å². The van der Waals surface area contributed by atoms with E-state index in [-0.39, 0.29) is 5.63 Å². The highest BCUT2D eigenvalue weighted by molar-refractivity contribution is 6.17. The molecule has 88 valence electrons. The molecule has 0 spiro atoms. The van der Waals surface area contributed by atoms with Crippen LogP contribution in [-0.2, 0) is 5.88 Å². The normalized spacial score (nSPS) is 12.0. The molecule has 1 aromatic heterocycles. The van der Waals surface area contributed by atoms with Crippen molar-refractivity contribution in [3.05, 3.63) is 45.3 Å². The summed E-state index contributed by atoms with van der Waals surface area (Å²) in [6.07, 6.45) is 5.08. The van der Waals surface area contributed by atoms with Gasteiger partial charge >= 0.3 is 5.63 Å². The van der Waals surface area contributed by atoms with Crippen LogP contribution in [0.4, 0.5) is 0 Å². The molecule has 0 radical (unpaired) electrons. The van der Waals surface area contributed by atoms with Crippen LogP contribution in [0.2, 0.25) is 0 Å². The summed E-state index contributed by atoms with van der Waals surface area (Å²) in [7, 11) is 0. The van der Waals surface area contributed by atoms with E-state index in [0.29, 0.717) is 11.3 Å². The molecule has 0 bridgehead atoms. The van der Waals surface area contributed by atoms with Crippen molar-refractivity contribution in [1.29, 1.82) is 0 Å². The van der Waals surface area contributed by atoms with E-state index in [1.807, 2.05) is 26.8 Å². The third-order valence-electron chi connectivity index (χ3n) is 1.82. The van der Waals surface area contributed by atoms with E-state index in [0.717, 1.165) is 10.8 Å². The average Bonchev–Trinajstić information content (AvgIpc) is 2.31. The van der Waals surface area contributed by atoms with Crippen LogP contribution in [0.1, 0.15) is 26.3 Å². The Kier molecular flexibility index (Phi) is 7.31. The van der Waals surface area contributed by atoms with E-state index in [1.54, 1.807) is 12.2 Å². The average molecular weight is 241 g/mol. The molecule has 0 atom stereocenters. The summed E-state index contributed by atoms with van der Waals surface area (Å²) in [6.45, 7) is 9.42. The summed E-state index contributed by atoms with van der Waals surface area (Å²) >= 11 is 5.71. The van der Waals surface area contributed by atoms with Crippen molar-refractivity contribution in [2.24, 2.45) is 0 Å². The van der Waals surface area contributed by atoms with Crippen molar-refractivity contribution in [3.63, 3.8) is 0 Å². The first kappa shape index (κ1) is 14.7. The predicted molar refractivity (Wildman–Crippen MR) is 69.9 cm³/mol. The molecule has 16 heavy (non-hydrogen) atoms. The SMILES string of the molecule is C=C/C=c1/oc(=O)cc(CCl)/c1=C/C.CC. The Morgan fingerprint density at radius 2 is 2.12 bits per heavy atom. The first-order valence-electron chi connectivity index (χ1n) is 5.21. The first-order chi connectivity index (χ1) is 7.72. The lowest BCUT2D eigenvalue weighted by atomic mass is 10.2. The fourth-order valence-electron chi connectivity index (χ4n) is 1.24. The maximum Gasteiger partial charge on any atom is 0.336 e. The van der Waals surface area contributed by atoms with Gasteiger partial charge in [-0.15, -0.1) is 11.6 Å². The van der Waals surface area contributed by atoms with Gasteiger partial charge in [0.05, 0.1) is 0 Å². The quantitative estimate of drug-likeness (QED) is 0.742. The Balaban J connectivity index is 0.00000106. The van der Waals surface area contributed by atoms with Gasteiger partial charge in [-0.1, -0.05) is 32.6 Å². The minimum absolute atomic E-state index is 0.295. The second kappa shape index (κ2) is 7.94. The Labute approximate surface area is 101 Å². The summed E-state index contributed by atoms with van der Waals surface area (Å²) in [5.41, 5.74) is 0.892. The molecule has 0 unspecified atom stereocenters. The van der Waals surface area contributed by atoms with Gasteiger partial charge in [-0.05, 0) is 18.6 Å². The highest BCUT2D eigenvalue weighted by Crippen LogP contribution is 1.90. The number of hydrogen-bond acceptors (Lipinski definition) is 2. The van der Waals surface area contributed by atoms with Gasteiger partial charge in [0, 0.05) is 17.2 Å². The Morgan fingerprint density at radius 3 is 2.56 bits per heavy atom. The lowest BCUT2D eigenvalue weighted by Gasteiger charge is -1.95. The zero-order valence-electron chi connectivity index (χ0n) is 9.92. The van der Waals surface area contributed by atoms with Crippen molar-refractivity contribution in [1.82, 2.24) is 0 Å². The topological polar surface area (TPSA) is 30.2 Å². The van der Waals surface area contributed by atoms with E-state index < -0.39 is 0 Å². The molecule has 1 aromatic rings. The smallest absolute Gasteiger partial charge is 0.336 e. The van der Waals surface area contributed by atoms with Crippen LogP contribution in [0.25, 0.3) is 12.2 Å². The lowest BCUT2D eigenvalue weighted by molar-refractivity contribution is 0.471. The largest absolute Gasteiger partial charge is 0.423 e. The number of hydrogen-bond donors (Lipinski definition) is 0. The highest BCUT2D eigenvalue weighted by atomic mass is 35.5. The summed E-state index contributed by atoms with van der Waals surface area (Å²) in [5.74, 6) is 0.295. The standard InChI is InChI=1S/C11H11ClO2.C2H6/c1-3-5-10-9(4-2)8(7-12)6-11(13)14-10;1-2/h3-6H,1,7H2,2H3;1-2H3/b9-4-,10-5+;. The van der Waals surface area contributed by atoms with Gasteiger partial charge in [-0.3, -0.25) is 0 Å². The molecule has 0 aromatic carbocycles. The van der Waals surface area contributed by atoms with Crippen LogP contribution >= 0.6 is 11.6 Å². The third-order valence-corrected chi connectivity index (χ3v) is 2.10. The molecule has 1 rings (SSSR count). The molecule has 0 aliphatic rings. The fraction of sp³-hybridized carbons (Fsp3) is 0.308. The zero-order chi connectivity index (χ0) is 12.6. The van der Waals surface area contributed by atoms with Crippen molar-refractivity contribution in [2.45, 2.75) is 26.7 Å². The molecule has 0 N–H and O–H groups in total. The predicted octanol–water partition coefficient (Wildman–Crippen LogP) is 2.17. The summed E-state index contributed by atoms with van der Waals surface area (Å²) in [4.78, 5) is 11.1. The second-order valence-electron chi connectivity index (χ2n) is 2.69. The summed E-state index contributed by atoms with van der Waals surface area (Å²) in [5, 5.41) is 0.847. The number of alkyl halides is 1. The van der Waals surface area contributed by atoms with Crippen molar-refractivity contribution in [3.8, 4) is 0 Å². The van der Waals surface area contributed by atoms with Crippen LogP contribution in [0, 0.1) is 0 Å². The maximum absolute atomic E-state index is 11.1. The monoisotopic (exact) mass is 240 g/mol. The minimum Gasteiger partial charge on any atom is -0.423 e. The maximum atomic E-state index is 11.1. The molecular weight excluding hydrogens is 224 g/mol. The van der Waals surface area contributed by atoms with Gasteiger partial charge in [-0.2, -0.15) is 0 Å². The van der Waals surface area contributed by atoms with Gasteiger partial charge in [-0.25, -0.2) is 4.79 Å². The molecule has 0 saturated heterocycles. The summed E-state index contributed by atoms with van der Waals surface area (Å²) < 4.78 is 5.01. The van der Waals surface area contributed by atoms with E-state index in [2.05, 4.69) is 6.58 Å². The Bertz CT molecular complexity index is 498. The fourth-order valence-corrected chi connectivity index (χ4v) is 1.46.